The predicted molar refractivity (Wildman–Crippen MR) is 95.5 cm³/mol. The summed E-state index contributed by atoms with van der Waals surface area (Å²) in [5, 5.41) is 12.1. The van der Waals surface area contributed by atoms with Gasteiger partial charge in [0.05, 0.1) is 19.1 Å². The van der Waals surface area contributed by atoms with Crippen molar-refractivity contribution < 1.29 is 24.3 Å². The minimum Gasteiger partial charge on any atom is -0.508 e. The van der Waals surface area contributed by atoms with E-state index in [1.165, 1.54) is 20.2 Å². The second-order valence-corrected chi connectivity index (χ2v) is 6.72. The second kappa shape index (κ2) is 6.68. The fourth-order valence-corrected chi connectivity index (χ4v) is 3.75. The fourth-order valence-electron chi connectivity index (χ4n) is 3.75. The van der Waals surface area contributed by atoms with E-state index >= 15 is 0 Å². The lowest BCUT2D eigenvalue weighted by Gasteiger charge is -2.27. The number of phenols is 1. The highest BCUT2D eigenvalue weighted by molar-refractivity contribution is 6.07. The van der Waals surface area contributed by atoms with E-state index in [4.69, 9.17) is 9.57 Å². The number of nitrogens with zero attached hydrogens (tertiary/aromatic N) is 2. The minimum atomic E-state index is -0.887. The number of hydrogen-bond acceptors (Lipinski definition) is 6. The van der Waals surface area contributed by atoms with Gasteiger partial charge >= 0.3 is 0 Å². The lowest BCUT2D eigenvalue weighted by Crippen LogP contribution is -2.34. The van der Waals surface area contributed by atoms with E-state index in [0.29, 0.717) is 17.9 Å². The van der Waals surface area contributed by atoms with Crippen LogP contribution >= 0.6 is 0 Å². The molecule has 4 rings (SSSR count). The Morgan fingerprint density at radius 1 is 1.11 bits per heavy atom. The van der Waals surface area contributed by atoms with Crippen LogP contribution in [0.4, 0.5) is 0 Å². The Bertz CT molecular complexity index is 885. The molecule has 0 spiro atoms. The van der Waals surface area contributed by atoms with Crippen LogP contribution in [0, 0.1) is 5.92 Å². The molecule has 27 heavy (non-hydrogen) atoms. The highest BCUT2D eigenvalue weighted by Gasteiger charge is 2.59. The summed E-state index contributed by atoms with van der Waals surface area (Å²) >= 11 is 0. The first-order valence-corrected chi connectivity index (χ1v) is 8.67. The quantitative estimate of drug-likeness (QED) is 0.830. The number of hydroxylamine groups is 2. The third-order valence-corrected chi connectivity index (χ3v) is 5.15. The summed E-state index contributed by atoms with van der Waals surface area (Å²) in [7, 11) is 2.99. The van der Waals surface area contributed by atoms with Gasteiger partial charge in [0.25, 0.3) is 5.91 Å². The van der Waals surface area contributed by atoms with Crippen LogP contribution in [0.15, 0.2) is 48.5 Å². The van der Waals surface area contributed by atoms with Gasteiger partial charge in [-0.15, -0.1) is 0 Å². The maximum absolute atomic E-state index is 12.7. The van der Waals surface area contributed by atoms with Crippen molar-refractivity contribution in [2.45, 2.75) is 18.7 Å². The van der Waals surface area contributed by atoms with E-state index in [9.17, 15) is 14.7 Å². The van der Waals surface area contributed by atoms with Crippen LogP contribution in [-0.2, 0) is 21.0 Å². The van der Waals surface area contributed by atoms with Crippen molar-refractivity contribution in [2.75, 3.05) is 14.2 Å². The third-order valence-electron chi connectivity index (χ3n) is 5.15. The van der Waals surface area contributed by atoms with E-state index in [1.807, 2.05) is 30.3 Å². The second-order valence-electron chi connectivity index (χ2n) is 6.72. The molecule has 0 saturated carbocycles. The zero-order valence-electron chi connectivity index (χ0n) is 15.0. The molecule has 2 aromatic carbocycles. The number of likely N-dealkylation sites (N-methyl/N-ethyl adjacent to an activating group) is 1. The van der Waals surface area contributed by atoms with Gasteiger partial charge in [-0.25, -0.2) is 0 Å². The standard InChI is InChI=1S/C20H20N2O5/c1-21-19(24)16-17(14-10-13(26-2)8-9-15(14)23)22(27-18(16)20(21)25)11-12-6-4-3-5-7-12/h3-10,16-18,23H,11H2,1-2H3. The van der Waals surface area contributed by atoms with E-state index in [0.717, 1.165) is 10.5 Å². The molecule has 0 aromatic heterocycles. The molecule has 7 nitrogen and oxygen atoms in total. The summed E-state index contributed by atoms with van der Waals surface area (Å²) in [4.78, 5) is 32.2. The van der Waals surface area contributed by atoms with Crippen LogP contribution < -0.4 is 4.74 Å². The molecule has 1 N–H and O–H groups in total. The SMILES string of the molecule is COc1ccc(O)c(C2C3C(=O)N(C)C(=O)C3ON2Cc2ccccc2)c1. The monoisotopic (exact) mass is 368 g/mol. The summed E-state index contributed by atoms with van der Waals surface area (Å²) in [6.07, 6.45) is -0.887. The van der Waals surface area contributed by atoms with Gasteiger partial charge in [-0.3, -0.25) is 19.3 Å². The van der Waals surface area contributed by atoms with Crippen LogP contribution in [0.3, 0.4) is 0 Å². The van der Waals surface area contributed by atoms with Gasteiger partial charge in [0.1, 0.15) is 11.5 Å². The summed E-state index contributed by atoms with van der Waals surface area (Å²) < 4.78 is 5.27. The van der Waals surface area contributed by atoms with E-state index < -0.39 is 18.1 Å². The Morgan fingerprint density at radius 3 is 2.56 bits per heavy atom. The topological polar surface area (TPSA) is 79.3 Å². The van der Waals surface area contributed by atoms with Crippen LogP contribution in [0.1, 0.15) is 17.2 Å². The van der Waals surface area contributed by atoms with Crippen molar-refractivity contribution in [3.05, 3.63) is 59.7 Å². The molecular weight excluding hydrogens is 348 g/mol. The molecule has 0 aliphatic carbocycles. The fraction of sp³-hybridized carbons (Fsp3) is 0.300. The van der Waals surface area contributed by atoms with Gasteiger partial charge in [0.2, 0.25) is 5.91 Å². The zero-order chi connectivity index (χ0) is 19.1. The molecule has 3 atom stereocenters. The molecule has 2 amide bonds. The Morgan fingerprint density at radius 2 is 1.85 bits per heavy atom. The first-order valence-electron chi connectivity index (χ1n) is 8.67. The highest BCUT2D eigenvalue weighted by atomic mass is 16.7. The maximum Gasteiger partial charge on any atom is 0.261 e. The van der Waals surface area contributed by atoms with Gasteiger partial charge in [-0.2, -0.15) is 5.06 Å². The number of carbonyl (C=O) groups excluding carboxylic acids is 2. The number of aromatic hydroxyl groups is 1. The van der Waals surface area contributed by atoms with Gasteiger partial charge in [-0.1, -0.05) is 30.3 Å². The van der Waals surface area contributed by atoms with Gasteiger partial charge in [-0.05, 0) is 23.8 Å². The molecule has 2 saturated heterocycles. The predicted octanol–water partition coefficient (Wildman–Crippen LogP) is 1.87. The summed E-state index contributed by atoms with van der Waals surface area (Å²) in [6, 6.07) is 13.9. The molecule has 2 heterocycles. The first kappa shape index (κ1) is 17.5. The Hall–Kier alpha value is -2.90. The van der Waals surface area contributed by atoms with Crippen molar-refractivity contribution in [1.82, 2.24) is 9.96 Å². The number of imide groups is 1. The molecule has 140 valence electrons. The Balaban J connectivity index is 1.77. The summed E-state index contributed by atoms with van der Waals surface area (Å²) in [6.45, 7) is 0.374. The van der Waals surface area contributed by atoms with Crippen LogP contribution in [0.2, 0.25) is 0 Å². The smallest absolute Gasteiger partial charge is 0.261 e. The molecule has 7 heteroatoms. The number of rotatable bonds is 4. The van der Waals surface area contributed by atoms with Crippen molar-refractivity contribution in [1.29, 1.82) is 0 Å². The highest BCUT2D eigenvalue weighted by Crippen LogP contribution is 2.47. The number of hydrogen-bond donors (Lipinski definition) is 1. The van der Waals surface area contributed by atoms with Gasteiger partial charge in [0, 0.05) is 19.2 Å². The van der Waals surface area contributed by atoms with Crippen LogP contribution in [0.25, 0.3) is 0 Å². The summed E-state index contributed by atoms with van der Waals surface area (Å²) in [5.41, 5.74) is 1.47. The van der Waals surface area contributed by atoms with E-state index in [2.05, 4.69) is 0 Å². The van der Waals surface area contributed by atoms with Gasteiger partial charge in [0.15, 0.2) is 6.10 Å². The maximum atomic E-state index is 12.7. The average Bonchev–Trinajstić information content (AvgIpc) is 3.14. The van der Waals surface area contributed by atoms with Crippen LogP contribution in [0.5, 0.6) is 11.5 Å². The molecule has 2 aliphatic rings. The number of likely N-dealkylation sites (tertiary alicyclic amines) is 1. The molecule has 2 aromatic rings. The summed E-state index contributed by atoms with van der Waals surface area (Å²) in [5.74, 6) is -0.820. The first-order chi connectivity index (χ1) is 13.0. The minimum absolute atomic E-state index is 0.0258. The largest absolute Gasteiger partial charge is 0.508 e. The normalized spacial score (nSPS) is 25.1. The molecule has 2 fully saturated rings. The lowest BCUT2D eigenvalue weighted by atomic mass is 9.90. The zero-order valence-corrected chi connectivity index (χ0v) is 15.0. The number of carbonyl (C=O) groups is 2. The number of methoxy groups -OCH3 is 1. The Labute approximate surface area is 156 Å². The third kappa shape index (κ3) is 2.85. The number of benzene rings is 2. The number of fused-ring (bicyclic) bond motifs is 1. The van der Waals surface area contributed by atoms with Crippen molar-refractivity contribution >= 4 is 11.8 Å². The van der Waals surface area contributed by atoms with Gasteiger partial charge < -0.3 is 9.84 Å². The molecule has 0 bridgehead atoms. The molecular formula is C20H20N2O5. The van der Waals surface area contributed by atoms with E-state index in [1.54, 1.807) is 17.2 Å². The molecule has 2 aliphatic heterocycles. The van der Waals surface area contributed by atoms with Crippen molar-refractivity contribution in [3.63, 3.8) is 0 Å². The Kier molecular flexibility index (Phi) is 4.33. The van der Waals surface area contributed by atoms with Crippen molar-refractivity contribution in [2.24, 2.45) is 5.92 Å². The molecule has 3 unspecified atom stereocenters. The van der Waals surface area contributed by atoms with Crippen molar-refractivity contribution in [3.8, 4) is 11.5 Å². The van der Waals surface area contributed by atoms with Crippen LogP contribution in [-0.4, -0.2) is 47.1 Å². The average molecular weight is 368 g/mol. The van der Waals surface area contributed by atoms with E-state index in [-0.39, 0.29) is 17.6 Å². The lowest BCUT2D eigenvalue weighted by molar-refractivity contribution is -0.183. The molecule has 0 radical (unpaired) electrons. The number of amides is 2. The number of ether oxygens (including phenoxy) is 1. The number of phenolic OH excluding ortho intramolecular Hbond substituents is 1.